The van der Waals surface area contributed by atoms with Crippen LogP contribution in [0.1, 0.15) is 0 Å². The first-order chi connectivity index (χ1) is 15.1. The minimum Gasteiger partial charge on any atom is -0.368 e. The first-order valence-electron chi connectivity index (χ1n) is 9.29. The zero-order chi connectivity index (χ0) is 21.6. The number of hydrogen-bond donors (Lipinski definition) is 2. The van der Waals surface area contributed by atoms with Crippen LogP contribution in [-0.2, 0) is 0 Å². The maximum absolute atomic E-state index is 13.4. The van der Waals surface area contributed by atoms with Crippen molar-refractivity contribution < 1.29 is 9.31 Å². The van der Waals surface area contributed by atoms with Crippen molar-refractivity contribution in [2.75, 3.05) is 23.7 Å². The van der Waals surface area contributed by atoms with Gasteiger partial charge in [0.25, 0.3) is 5.69 Å². The fourth-order valence-electron chi connectivity index (χ4n) is 2.83. The quantitative estimate of drug-likeness (QED) is 0.253. The summed E-state index contributed by atoms with van der Waals surface area (Å²) in [5.41, 5.74) is 2.01. The number of benzene rings is 1. The van der Waals surface area contributed by atoms with Crippen LogP contribution in [-0.4, -0.2) is 42.5 Å². The first kappa shape index (κ1) is 19.9. The van der Waals surface area contributed by atoms with Gasteiger partial charge >= 0.3 is 0 Å². The van der Waals surface area contributed by atoms with E-state index >= 15 is 0 Å². The van der Waals surface area contributed by atoms with Crippen molar-refractivity contribution >= 4 is 17.5 Å². The molecule has 0 aliphatic carbocycles. The van der Waals surface area contributed by atoms with Gasteiger partial charge in [-0.15, -0.1) is 0 Å². The van der Waals surface area contributed by atoms with Crippen LogP contribution in [0.3, 0.4) is 0 Å². The molecule has 0 aliphatic heterocycles. The van der Waals surface area contributed by atoms with E-state index in [0.29, 0.717) is 36.2 Å². The number of nitrogens with one attached hydrogen (secondary N) is 2. The summed E-state index contributed by atoms with van der Waals surface area (Å²) < 4.78 is 15.1. The molecule has 0 fully saturated rings. The number of aromatic nitrogens is 5. The van der Waals surface area contributed by atoms with Crippen molar-refractivity contribution in [3.05, 3.63) is 83.4 Å². The minimum absolute atomic E-state index is 0.0663. The van der Waals surface area contributed by atoms with Crippen LogP contribution in [0.5, 0.6) is 0 Å². The summed E-state index contributed by atoms with van der Waals surface area (Å²) in [6.45, 7) is 0.968. The third kappa shape index (κ3) is 4.78. The Hall–Kier alpha value is -4.41. The zero-order valence-corrected chi connectivity index (χ0v) is 16.1. The number of hydrogen-bond acceptors (Lipinski definition) is 8. The Balaban J connectivity index is 1.45. The number of nitrogens with zero attached hydrogens (tertiary/aromatic N) is 6. The van der Waals surface area contributed by atoms with Gasteiger partial charge < -0.3 is 15.2 Å². The molecule has 3 aromatic heterocycles. The van der Waals surface area contributed by atoms with E-state index in [0.717, 1.165) is 5.56 Å². The van der Waals surface area contributed by atoms with Crippen LogP contribution in [0, 0.1) is 15.9 Å². The maximum Gasteiger partial charge on any atom is 0.287 e. The Kier molecular flexibility index (Phi) is 5.74. The van der Waals surface area contributed by atoms with Crippen LogP contribution in [0.25, 0.3) is 16.9 Å². The fourth-order valence-corrected chi connectivity index (χ4v) is 2.83. The summed E-state index contributed by atoms with van der Waals surface area (Å²) in [5.74, 6) is 0.601. The van der Waals surface area contributed by atoms with Crippen LogP contribution in [0.15, 0.2) is 67.5 Å². The summed E-state index contributed by atoms with van der Waals surface area (Å²) in [4.78, 5) is 27.2. The number of pyridine rings is 1. The summed E-state index contributed by atoms with van der Waals surface area (Å²) in [6.07, 6.45) is 7.93. The molecule has 0 saturated carbocycles. The second-order valence-electron chi connectivity index (χ2n) is 6.42. The molecule has 0 atom stereocenters. The first-order valence-corrected chi connectivity index (χ1v) is 9.29. The van der Waals surface area contributed by atoms with Crippen molar-refractivity contribution in [1.29, 1.82) is 0 Å². The van der Waals surface area contributed by atoms with Gasteiger partial charge in [-0.05, 0) is 30.3 Å². The van der Waals surface area contributed by atoms with E-state index in [1.54, 1.807) is 47.7 Å². The van der Waals surface area contributed by atoms with Gasteiger partial charge in [0, 0.05) is 37.1 Å². The topological polar surface area (TPSA) is 124 Å². The maximum atomic E-state index is 13.4. The van der Waals surface area contributed by atoms with Gasteiger partial charge in [0.1, 0.15) is 17.8 Å². The van der Waals surface area contributed by atoms with Gasteiger partial charge in [-0.2, -0.15) is 0 Å². The van der Waals surface area contributed by atoms with Crippen molar-refractivity contribution in [3.8, 4) is 16.9 Å². The normalized spacial score (nSPS) is 10.6. The van der Waals surface area contributed by atoms with Crippen LogP contribution < -0.4 is 10.6 Å². The molecular weight excluding hydrogens is 403 g/mol. The second-order valence-corrected chi connectivity index (χ2v) is 6.42. The smallest absolute Gasteiger partial charge is 0.287 e. The third-order valence-corrected chi connectivity index (χ3v) is 4.34. The molecule has 11 heteroatoms. The molecule has 0 unspecified atom stereocenters. The predicted molar refractivity (Wildman–Crippen MR) is 112 cm³/mol. The molecule has 4 aromatic rings. The van der Waals surface area contributed by atoms with E-state index < -0.39 is 4.92 Å². The highest BCUT2D eigenvalue weighted by Gasteiger charge is 2.12. The molecule has 1 aromatic carbocycles. The summed E-state index contributed by atoms with van der Waals surface area (Å²) in [7, 11) is 0. The van der Waals surface area contributed by atoms with Crippen LogP contribution in [0.4, 0.5) is 21.8 Å². The number of halogens is 1. The van der Waals surface area contributed by atoms with Crippen LogP contribution in [0.2, 0.25) is 0 Å². The number of imidazole rings is 1. The second kappa shape index (κ2) is 8.95. The number of rotatable bonds is 8. The van der Waals surface area contributed by atoms with E-state index in [1.807, 2.05) is 0 Å². The molecule has 0 saturated heterocycles. The standard InChI is InChI=1S/C20H17FN8O2/c21-15-3-1-14(2-4-15)19-17(28-10-9-22-13-28)12-26-20(27-19)24-8-7-23-18-6-5-16(11-25-18)29(30)31/h1-6,9-13H,7-8H2,(H,23,25)(H,24,26,27). The molecule has 0 spiro atoms. The van der Waals surface area contributed by atoms with Crippen molar-refractivity contribution in [1.82, 2.24) is 24.5 Å². The summed E-state index contributed by atoms with van der Waals surface area (Å²) in [5, 5.41) is 16.9. The number of nitro groups is 1. The van der Waals surface area contributed by atoms with E-state index in [9.17, 15) is 14.5 Å². The summed E-state index contributed by atoms with van der Waals surface area (Å²) >= 11 is 0. The van der Waals surface area contributed by atoms with Gasteiger partial charge in [0.2, 0.25) is 5.95 Å². The van der Waals surface area contributed by atoms with Crippen LogP contribution >= 0.6 is 0 Å². The lowest BCUT2D eigenvalue weighted by molar-refractivity contribution is -0.385. The SMILES string of the molecule is O=[N+]([O-])c1ccc(NCCNc2ncc(-n3ccnc3)c(-c3ccc(F)cc3)n2)nc1. The Morgan fingerprint density at radius 3 is 2.52 bits per heavy atom. The van der Waals surface area contributed by atoms with Gasteiger partial charge in [0.15, 0.2) is 0 Å². The Labute approximate surface area is 176 Å². The van der Waals surface area contributed by atoms with E-state index in [4.69, 9.17) is 0 Å². The molecule has 2 N–H and O–H groups in total. The van der Waals surface area contributed by atoms with Gasteiger partial charge in [-0.25, -0.2) is 24.3 Å². The van der Waals surface area contributed by atoms with Gasteiger partial charge in [-0.3, -0.25) is 10.1 Å². The Morgan fingerprint density at radius 2 is 1.84 bits per heavy atom. The van der Waals surface area contributed by atoms with Crippen molar-refractivity contribution in [3.63, 3.8) is 0 Å². The highest BCUT2D eigenvalue weighted by Crippen LogP contribution is 2.25. The molecule has 3 heterocycles. The van der Waals surface area contributed by atoms with E-state index in [1.165, 1.54) is 24.4 Å². The predicted octanol–water partition coefficient (Wildman–Crippen LogP) is 3.30. The molecule has 0 bridgehead atoms. The average Bonchev–Trinajstić information content (AvgIpc) is 3.32. The number of anilines is 2. The highest BCUT2D eigenvalue weighted by atomic mass is 19.1. The van der Waals surface area contributed by atoms with Crippen molar-refractivity contribution in [2.45, 2.75) is 0 Å². The lowest BCUT2D eigenvalue weighted by Crippen LogP contribution is -2.16. The molecule has 0 radical (unpaired) electrons. The van der Waals surface area contributed by atoms with E-state index in [2.05, 4.69) is 30.6 Å². The Bertz CT molecular complexity index is 1170. The minimum atomic E-state index is -0.498. The highest BCUT2D eigenvalue weighted by molar-refractivity contribution is 5.69. The van der Waals surface area contributed by atoms with Crippen molar-refractivity contribution in [2.24, 2.45) is 0 Å². The van der Waals surface area contributed by atoms with Gasteiger partial charge in [0.05, 0.1) is 28.8 Å². The lowest BCUT2D eigenvalue weighted by Gasteiger charge is -2.12. The lowest BCUT2D eigenvalue weighted by atomic mass is 10.1. The molecule has 0 amide bonds. The zero-order valence-electron chi connectivity index (χ0n) is 16.1. The molecule has 10 nitrogen and oxygen atoms in total. The molecular formula is C20H17FN8O2. The molecule has 156 valence electrons. The average molecular weight is 420 g/mol. The fraction of sp³-hybridized carbons (Fsp3) is 0.100. The molecule has 31 heavy (non-hydrogen) atoms. The van der Waals surface area contributed by atoms with E-state index in [-0.39, 0.29) is 11.5 Å². The third-order valence-electron chi connectivity index (χ3n) is 4.34. The molecule has 0 aliphatic rings. The van der Waals surface area contributed by atoms with Gasteiger partial charge in [-0.1, -0.05) is 0 Å². The molecule has 4 rings (SSSR count). The monoisotopic (exact) mass is 420 g/mol. The summed E-state index contributed by atoms with van der Waals surface area (Å²) in [6, 6.07) is 9.00. The Morgan fingerprint density at radius 1 is 1.03 bits per heavy atom. The largest absolute Gasteiger partial charge is 0.368 e.